The molecule has 12 heteroatoms. The summed E-state index contributed by atoms with van der Waals surface area (Å²) in [6.07, 6.45) is 5.92. The van der Waals surface area contributed by atoms with Gasteiger partial charge in [-0.15, -0.1) is 0 Å². The summed E-state index contributed by atoms with van der Waals surface area (Å²) >= 11 is 12.5. The first kappa shape index (κ1) is 33.5. The maximum Gasteiger partial charge on any atom is 0.245 e. The molecule has 0 unspecified atom stereocenters. The number of unbranched alkanes of at least 4 members (excludes halogenated alkanes) is 1. The van der Waals surface area contributed by atoms with E-state index < -0.39 is 22.5 Å². The Bertz CT molecular complexity index is 1430. The zero-order chi connectivity index (χ0) is 30.5. The number of pyridine rings is 1. The van der Waals surface area contributed by atoms with E-state index in [4.69, 9.17) is 28.9 Å². The summed E-state index contributed by atoms with van der Waals surface area (Å²) in [5, 5.41) is 2.96. The molecule has 226 valence electrons. The molecule has 0 atom stereocenters. The molecule has 3 N–H and O–H groups in total. The summed E-state index contributed by atoms with van der Waals surface area (Å²) < 4.78 is 28.5. The Morgan fingerprint density at radius 1 is 0.905 bits per heavy atom. The molecule has 1 heterocycles. The van der Waals surface area contributed by atoms with Gasteiger partial charge in [-0.2, -0.15) is 4.31 Å². The van der Waals surface area contributed by atoms with Crippen molar-refractivity contribution in [2.75, 3.05) is 39.3 Å². The predicted molar refractivity (Wildman–Crippen MR) is 166 cm³/mol. The largest absolute Gasteiger partial charge is 0.346 e. The lowest BCUT2D eigenvalue weighted by Crippen LogP contribution is -2.46. The Morgan fingerprint density at radius 2 is 1.57 bits per heavy atom. The van der Waals surface area contributed by atoms with Crippen LogP contribution in [-0.2, 0) is 32.5 Å². The smallest absolute Gasteiger partial charge is 0.245 e. The summed E-state index contributed by atoms with van der Waals surface area (Å²) in [7, 11) is -4.18. The normalized spacial score (nSPS) is 11.5. The number of benzene rings is 2. The third-order valence-corrected chi connectivity index (χ3v) is 9.70. The van der Waals surface area contributed by atoms with E-state index in [1.54, 1.807) is 24.2 Å². The van der Waals surface area contributed by atoms with Gasteiger partial charge in [0.1, 0.15) is 4.90 Å². The number of nitrogens with one attached hydrogen (secondary N) is 1. The zero-order valence-corrected chi connectivity index (χ0v) is 26.0. The monoisotopic (exact) mass is 633 g/mol. The molecule has 0 aliphatic heterocycles. The van der Waals surface area contributed by atoms with E-state index in [0.29, 0.717) is 43.1 Å². The molecule has 0 aliphatic rings. The highest BCUT2D eigenvalue weighted by Gasteiger charge is 2.30. The maximum atomic E-state index is 13.7. The van der Waals surface area contributed by atoms with E-state index in [2.05, 4.69) is 10.3 Å². The summed E-state index contributed by atoms with van der Waals surface area (Å²) in [5.41, 5.74) is 8.01. The molecular weight excluding hydrogens is 597 g/mol. The van der Waals surface area contributed by atoms with Crippen molar-refractivity contribution in [3.8, 4) is 0 Å². The van der Waals surface area contributed by atoms with Crippen molar-refractivity contribution in [3.63, 3.8) is 0 Å². The number of carbonyl (C=O) groups is 2. The molecule has 3 aromatic rings. The quantitative estimate of drug-likeness (QED) is 0.231. The molecule has 42 heavy (non-hydrogen) atoms. The minimum absolute atomic E-state index is 0.00474. The third-order valence-electron chi connectivity index (χ3n) is 6.81. The van der Waals surface area contributed by atoms with Crippen LogP contribution in [0.25, 0.3) is 0 Å². The first-order valence-electron chi connectivity index (χ1n) is 13.8. The van der Waals surface area contributed by atoms with E-state index in [-0.39, 0.29) is 28.9 Å². The SMILES string of the molecule is Cc1c(Cl)ccc(S(=O)(=O)N(CCc2ccccc2)CC(=O)NCC(=O)N(CCCCN)CCc2ccncc2)c1Cl. The first-order chi connectivity index (χ1) is 20.1. The number of halogens is 2. The lowest BCUT2D eigenvalue weighted by molar-refractivity contribution is -0.133. The number of hydrogen-bond donors (Lipinski definition) is 2. The molecule has 0 saturated carbocycles. The van der Waals surface area contributed by atoms with Crippen LogP contribution in [0.5, 0.6) is 0 Å². The van der Waals surface area contributed by atoms with Crippen LogP contribution in [0.2, 0.25) is 10.0 Å². The number of rotatable bonds is 16. The van der Waals surface area contributed by atoms with E-state index in [9.17, 15) is 18.0 Å². The fraction of sp³-hybridized carbons (Fsp3) is 0.367. The Balaban J connectivity index is 1.71. The van der Waals surface area contributed by atoms with E-state index in [1.165, 1.54) is 12.1 Å². The van der Waals surface area contributed by atoms with Gasteiger partial charge in [0, 0.05) is 37.1 Å². The first-order valence-corrected chi connectivity index (χ1v) is 15.9. The Morgan fingerprint density at radius 3 is 2.26 bits per heavy atom. The van der Waals surface area contributed by atoms with Crippen molar-refractivity contribution in [1.29, 1.82) is 0 Å². The molecule has 0 fully saturated rings. The fourth-order valence-electron chi connectivity index (χ4n) is 4.28. The van der Waals surface area contributed by atoms with Crippen molar-refractivity contribution < 1.29 is 18.0 Å². The van der Waals surface area contributed by atoms with Crippen molar-refractivity contribution in [2.24, 2.45) is 5.73 Å². The molecule has 0 saturated heterocycles. The second kappa shape index (κ2) is 16.6. The van der Waals surface area contributed by atoms with Crippen LogP contribution in [0.3, 0.4) is 0 Å². The van der Waals surface area contributed by atoms with Gasteiger partial charge in [-0.25, -0.2) is 8.42 Å². The van der Waals surface area contributed by atoms with Gasteiger partial charge in [0.05, 0.1) is 18.1 Å². The summed E-state index contributed by atoms with van der Waals surface area (Å²) in [4.78, 5) is 31.7. The third kappa shape index (κ3) is 9.78. The Kier molecular flexibility index (Phi) is 13.2. The number of sulfonamides is 1. The van der Waals surface area contributed by atoms with E-state index in [1.807, 2.05) is 42.5 Å². The number of carbonyl (C=O) groups excluding carboxylic acids is 2. The second-order valence-electron chi connectivity index (χ2n) is 9.82. The minimum atomic E-state index is -4.18. The second-order valence-corrected chi connectivity index (χ2v) is 12.5. The highest BCUT2D eigenvalue weighted by Crippen LogP contribution is 2.32. The van der Waals surface area contributed by atoms with Crippen molar-refractivity contribution in [3.05, 3.63) is 93.7 Å². The molecule has 9 nitrogen and oxygen atoms in total. The number of nitrogens with zero attached hydrogens (tertiary/aromatic N) is 3. The summed E-state index contributed by atoms with van der Waals surface area (Å²) in [6, 6.07) is 15.9. The average molecular weight is 635 g/mol. The van der Waals surface area contributed by atoms with Crippen molar-refractivity contribution >= 4 is 45.0 Å². The maximum absolute atomic E-state index is 13.7. The highest BCUT2D eigenvalue weighted by molar-refractivity contribution is 7.89. The van der Waals surface area contributed by atoms with Gasteiger partial charge in [0.2, 0.25) is 21.8 Å². The van der Waals surface area contributed by atoms with Gasteiger partial charge in [0.25, 0.3) is 0 Å². The van der Waals surface area contributed by atoms with Crippen LogP contribution in [0.1, 0.15) is 29.5 Å². The van der Waals surface area contributed by atoms with Crippen LogP contribution in [-0.4, -0.2) is 73.7 Å². The van der Waals surface area contributed by atoms with Gasteiger partial charge < -0.3 is 16.0 Å². The summed E-state index contributed by atoms with van der Waals surface area (Å²) in [5.74, 6) is -0.859. The van der Waals surface area contributed by atoms with E-state index >= 15 is 0 Å². The fourth-order valence-corrected chi connectivity index (χ4v) is 6.46. The topological polar surface area (TPSA) is 126 Å². The number of amides is 2. The van der Waals surface area contributed by atoms with Gasteiger partial charge in [0.15, 0.2) is 0 Å². The average Bonchev–Trinajstić information content (AvgIpc) is 2.99. The molecule has 2 amide bonds. The van der Waals surface area contributed by atoms with Crippen LogP contribution in [0.4, 0.5) is 0 Å². The van der Waals surface area contributed by atoms with Crippen molar-refractivity contribution in [2.45, 2.75) is 37.5 Å². The molecule has 0 aliphatic carbocycles. The zero-order valence-electron chi connectivity index (χ0n) is 23.6. The Hall–Kier alpha value is -3.02. The number of hydrogen-bond acceptors (Lipinski definition) is 6. The van der Waals surface area contributed by atoms with Crippen LogP contribution < -0.4 is 11.1 Å². The number of aromatic nitrogens is 1. The van der Waals surface area contributed by atoms with Crippen molar-refractivity contribution in [1.82, 2.24) is 19.5 Å². The van der Waals surface area contributed by atoms with Crippen LogP contribution >= 0.6 is 23.2 Å². The molecule has 0 spiro atoms. The van der Waals surface area contributed by atoms with Gasteiger partial charge >= 0.3 is 0 Å². The van der Waals surface area contributed by atoms with Gasteiger partial charge in [-0.3, -0.25) is 14.6 Å². The Labute approximate surface area is 258 Å². The highest BCUT2D eigenvalue weighted by atomic mass is 35.5. The molecule has 2 aromatic carbocycles. The predicted octanol–water partition coefficient (Wildman–Crippen LogP) is 3.86. The molecule has 3 rings (SSSR count). The standard InChI is InChI=1S/C30H37Cl2N5O4S/c1-23-26(31)9-10-27(30(23)32)42(40,41)37(20-14-24-7-3-2-4-8-24)22-28(38)35-21-29(39)36(18-6-5-15-33)19-13-25-11-16-34-17-12-25/h2-4,7-12,16-17H,5-6,13-15,18-22,33H2,1H3,(H,35,38). The lowest BCUT2D eigenvalue weighted by atomic mass is 10.1. The molecule has 1 aromatic heterocycles. The molecular formula is C30H37Cl2N5O4S. The lowest BCUT2D eigenvalue weighted by Gasteiger charge is -2.25. The van der Waals surface area contributed by atoms with Crippen LogP contribution in [0, 0.1) is 6.92 Å². The molecule has 0 radical (unpaired) electrons. The number of nitrogens with two attached hydrogens (primary N) is 1. The summed E-state index contributed by atoms with van der Waals surface area (Å²) in [6.45, 7) is 2.41. The van der Waals surface area contributed by atoms with Crippen LogP contribution in [0.15, 0.2) is 71.9 Å². The van der Waals surface area contributed by atoms with E-state index in [0.717, 1.165) is 28.3 Å². The van der Waals surface area contributed by atoms with Gasteiger partial charge in [-0.05, 0) is 80.1 Å². The minimum Gasteiger partial charge on any atom is -0.346 e. The molecule has 0 bridgehead atoms. The van der Waals surface area contributed by atoms with Gasteiger partial charge in [-0.1, -0.05) is 53.5 Å².